The lowest BCUT2D eigenvalue weighted by Crippen LogP contribution is -2.12. The normalized spacial score (nSPS) is 16.8. The van der Waals surface area contributed by atoms with Gasteiger partial charge in [0.1, 0.15) is 0 Å². The molecule has 1 aliphatic rings. The number of rotatable bonds is 2. The van der Waals surface area contributed by atoms with Crippen LogP contribution in [0, 0.1) is 0 Å². The SMILES string of the molecule is Cn1ccsc1=NC(=O)c1ccc(C2SCCS2)cc1. The van der Waals surface area contributed by atoms with Crippen LogP contribution in [-0.4, -0.2) is 22.0 Å². The van der Waals surface area contributed by atoms with E-state index in [1.54, 1.807) is 0 Å². The van der Waals surface area contributed by atoms with Gasteiger partial charge in [-0.15, -0.1) is 34.9 Å². The maximum atomic E-state index is 12.1. The summed E-state index contributed by atoms with van der Waals surface area (Å²) < 4.78 is 2.37. The van der Waals surface area contributed by atoms with Crippen molar-refractivity contribution in [1.82, 2.24) is 4.57 Å². The molecule has 6 heteroatoms. The topological polar surface area (TPSA) is 34.4 Å². The number of carbonyl (C=O) groups excluding carboxylic acids is 1. The van der Waals surface area contributed by atoms with Crippen LogP contribution < -0.4 is 4.80 Å². The molecule has 1 aromatic carbocycles. The van der Waals surface area contributed by atoms with Crippen molar-refractivity contribution in [3.05, 3.63) is 51.8 Å². The molecule has 0 radical (unpaired) electrons. The summed E-state index contributed by atoms with van der Waals surface area (Å²) in [6.45, 7) is 0. The lowest BCUT2D eigenvalue weighted by atomic mass is 10.1. The molecule has 104 valence electrons. The third-order valence-electron chi connectivity index (χ3n) is 3.01. The molecule has 2 heterocycles. The number of thioether (sulfide) groups is 2. The van der Waals surface area contributed by atoms with Gasteiger partial charge in [-0.1, -0.05) is 12.1 Å². The van der Waals surface area contributed by atoms with Gasteiger partial charge in [-0.05, 0) is 17.7 Å². The Labute approximate surface area is 130 Å². The number of carbonyl (C=O) groups is 1. The Morgan fingerprint density at radius 3 is 2.55 bits per heavy atom. The Hall–Kier alpha value is -0.980. The summed E-state index contributed by atoms with van der Waals surface area (Å²) in [6.07, 6.45) is 1.90. The number of nitrogens with zero attached hydrogens (tertiary/aromatic N) is 2. The summed E-state index contributed by atoms with van der Waals surface area (Å²) in [6, 6.07) is 7.86. The summed E-state index contributed by atoms with van der Waals surface area (Å²) >= 11 is 5.40. The second-order valence-corrected chi connectivity index (χ2v) is 8.01. The monoisotopic (exact) mass is 322 g/mol. The molecule has 3 nitrogen and oxygen atoms in total. The smallest absolute Gasteiger partial charge is 0.279 e. The minimum atomic E-state index is -0.179. The number of benzene rings is 1. The van der Waals surface area contributed by atoms with Crippen LogP contribution in [0.2, 0.25) is 0 Å². The summed E-state index contributed by atoms with van der Waals surface area (Å²) in [7, 11) is 1.89. The first kappa shape index (κ1) is 14.0. The van der Waals surface area contributed by atoms with Crippen molar-refractivity contribution in [3.63, 3.8) is 0 Å². The zero-order valence-corrected chi connectivity index (χ0v) is 13.4. The molecule has 0 aliphatic carbocycles. The molecule has 0 N–H and O–H groups in total. The number of hydrogen-bond donors (Lipinski definition) is 0. The average molecular weight is 322 g/mol. The largest absolute Gasteiger partial charge is 0.327 e. The fourth-order valence-electron chi connectivity index (χ4n) is 1.92. The van der Waals surface area contributed by atoms with E-state index in [-0.39, 0.29) is 5.91 Å². The molecular weight excluding hydrogens is 308 g/mol. The molecule has 1 amide bonds. The van der Waals surface area contributed by atoms with Crippen LogP contribution >= 0.6 is 34.9 Å². The second-order valence-electron chi connectivity index (χ2n) is 4.41. The van der Waals surface area contributed by atoms with Gasteiger partial charge in [0.2, 0.25) is 0 Å². The van der Waals surface area contributed by atoms with Crippen LogP contribution in [0.25, 0.3) is 0 Å². The predicted octanol–water partition coefficient (Wildman–Crippen LogP) is 3.31. The highest BCUT2D eigenvalue weighted by atomic mass is 32.2. The average Bonchev–Trinajstić information content (AvgIpc) is 3.12. The first-order valence-electron chi connectivity index (χ1n) is 6.26. The third kappa shape index (κ3) is 3.02. The van der Waals surface area contributed by atoms with Crippen LogP contribution in [0.1, 0.15) is 20.5 Å². The number of hydrogen-bond acceptors (Lipinski definition) is 4. The molecule has 0 unspecified atom stereocenters. The quantitative estimate of drug-likeness (QED) is 0.851. The highest BCUT2D eigenvalue weighted by Gasteiger charge is 2.18. The predicted molar refractivity (Wildman–Crippen MR) is 87.3 cm³/mol. The van der Waals surface area contributed by atoms with E-state index in [1.165, 1.54) is 28.4 Å². The number of amides is 1. The fraction of sp³-hybridized carbons (Fsp3) is 0.286. The lowest BCUT2D eigenvalue weighted by Gasteiger charge is -2.07. The molecule has 0 bridgehead atoms. The van der Waals surface area contributed by atoms with Gasteiger partial charge in [-0.25, -0.2) is 0 Å². The van der Waals surface area contributed by atoms with Crippen molar-refractivity contribution < 1.29 is 4.79 Å². The van der Waals surface area contributed by atoms with E-state index in [0.717, 1.165) is 4.80 Å². The van der Waals surface area contributed by atoms with Crippen molar-refractivity contribution in [2.24, 2.45) is 12.0 Å². The Kier molecular flexibility index (Phi) is 4.33. The van der Waals surface area contributed by atoms with Crippen molar-refractivity contribution in [3.8, 4) is 0 Å². The van der Waals surface area contributed by atoms with E-state index in [4.69, 9.17) is 0 Å². The van der Waals surface area contributed by atoms with Crippen molar-refractivity contribution >= 4 is 40.8 Å². The third-order valence-corrected chi connectivity index (χ3v) is 6.96. The van der Waals surface area contributed by atoms with Crippen LogP contribution in [0.3, 0.4) is 0 Å². The molecule has 0 saturated carbocycles. The van der Waals surface area contributed by atoms with Gasteiger partial charge < -0.3 is 4.57 Å². The van der Waals surface area contributed by atoms with Gasteiger partial charge in [0.25, 0.3) is 5.91 Å². The maximum absolute atomic E-state index is 12.1. The van der Waals surface area contributed by atoms with E-state index in [2.05, 4.69) is 4.99 Å². The van der Waals surface area contributed by atoms with E-state index >= 15 is 0 Å². The van der Waals surface area contributed by atoms with E-state index in [1.807, 2.05) is 71.0 Å². The van der Waals surface area contributed by atoms with Crippen molar-refractivity contribution in [2.75, 3.05) is 11.5 Å². The Morgan fingerprint density at radius 1 is 1.25 bits per heavy atom. The standard InChI is InChI=1S/C14H14N2OS3/c1-16-6-7-20-14(16)15-12(17)10-2-4-11(5-3-10)13-18-8-9-19-13/h2-7,13H,8-9H2,1H3. The fourth-order valence-corrected chi connectivity index (χ4v) is 5.51. The Bertz CT molecular complexity index is 666. The molecular formula is C14H14N2OS3. The molecule has 1 saturated heterocycles. The molecule has 0 spiro atoms. The van der Waals surface area contributed by atoms with Crippen LogP contribution in [0.4, 0.5) is 0 Å². The lowest BCUT2D eigenvalue weighted by molar-refractivity contribution is 0.0998. The minimum absolute atomic E-state index is 0.179. The Balaban J connectivity index is 1.81. The number of aromatic nitrogens is 1. The zero-order valence-electron chi connectivity index (χ0n) is 11.0. The molecule has 20 heavy (non-hydrogen) atoms. The first-order chi connectivity index (χ1) is 9.74. The summed E-state index contributed by atoms with van der Waals surface area (Å²) in [5.41, 5.74) is 1.94. The van der Waals surface area contributed by atoms with Crippen LogP contribution in [0.5, 0.6) is 0 Å². The molecule has 1 aromatic heterocycles. The van der Waals surface area contributed by atoms with Gasteiger partial charge in [0.15, 0.2) is 4.80 Å². The van der Waals surface area contributed by atoms with Crippen LogP contribution in [0.15, 0.2) is 40.8 Å². The Morgan fingerprint density at radius 2 is 1.95 bits per heavy atom. The molecule has 1 aliphatic heterocycles. The molecule has 0 atom stereocenters. The summed E-state index contributed by atoms with van der Waals surface area (Å²) in [4.78, 5) is 17.0. The minimum Gasteiger partial charge on any atom is -0.327 e. The van der Waals surface area contributed by atoms with E-state index < -0.39 is 0 Å². The van der Waals surface area contributed by atoms with E-state index in [0.29, 0.717) is 10.1 Å². The summed E-state index contributed by atoms with van der Waals surface area (Å²) in [5, 5.41) is 1.92. The van der Waals surface area contributed by atoms with Crippen molar-refractivity contribution in [2.45, 2.75) is 4.58 Å². The van der Waals surface area contributed by atoms with Gasteiger partial charge in [0.05, 0.1) is 4.58 Å². The number of thiazole rings is 1. The zero-order chi connectivity index (χ0) is 13.9. The van der Waals surface area contributed by atoms with E-state index in [9.17, 15) is 4.79 Å². The first-order valence-corrected chi connectivity index (χ1v) is 9.24. The van der Waals surface area contributed by atoms with Gasteiger partial charge in [-0.2, -0.15) is 4.99 Å². The maximum Gasteiger partial charge on any atom is 0.279 e. The highest BCUT2D eigenvalue weighted by Crippen LogP contribution is 2.45. The highest BCUT2D eigenvalue weighted by molar-refractivity contribution is 8.19. The van der Waals surface area contributed by atoms with Gasteiger partial charge >= 0.3 is 0 Å². The summed E-state index contributed by atoms with van der Waals surface area (Å²) in [5.74, 6) is 2.24. The van der Waals surface area contributed by atoms with Gasteiger partial charge in [0, 0.05) is 35.7 Å². The number of aryl methyl sites for hydroxylation is 1. The molecule has 2 aromatic rings. The molecule has 3 rings (SSSR count). The van der Waals surface area contributed by atoms with Crippen LogP contribution in [-0.2, 0) is 7.05 Å². The second kappa shape index (κ2) is 6.20. The van der Waals surface area contributed by atoms with Gasteiger partial charge in [-0.3, -0.25) is 4.79 Å². The molecule has 1 fully saturated rings. The van der Waals surface area contributed by atoms with Crippen molar-refractivity contribution in [1.29, 1.82) is 0 Å².